The summed E-state index contributed by atoms with van der Waals surface area (Å²) in [5, 5.41) is 67.1. The molecule has 0 radical (unpaired) electrons. The second kappa shape index (κ2) is 31.7. The quantitative estimate of drug-likeness (QED) is 0.0144. The number of ether oxygens (including phenoxy) is 12. The molecule has 4 aliphatic heterocycles. The summed E-state index contributed by atoms with van der Waals surface area (Å²) in [5.41, 5.74) is -1.08. The molecule has 1 aromatic rings. The lowest BCUT2D eigenvalue weighted by Gasteiger charge is -2.47. The number of carbonyl (C=O) groups excluding carboxylic acids is 4. The van der Waals surface area contributed by atoms with Crippen LogP contribution in [-0.2, 0) is 61.8 Å². The van der Waals surface area contributed by atoms with Gasteiger partial charge in [-0.3, -0.25) is 19.7 Å². The number of hydroxylamine groups is 1. The summed E-state index contributed by atoms with van der Waals surface area (Å²) in [4.78, 5) is 62.2. The number of Topliss-reactive ketones (excluding diaryl/α,β-unsaturated/α-hetero) is 1. The number of hydrogen-bond donors (Lipinski definition) is 9. The topological polar surface area (TPSA) is 338 Å². The maximum absolute atomic E-state index is 15.5. The van der Waals surface area contributed by atoms with E-state index in [4.69, 9.17) is 61.7 Å². The van der Waals surface area contributed by atoms with Gasteiger partial charge in [-0.2, -0.15) is 17.2 Å². The molecule has 86 heavy (non-hydrogen) atoms. The number of aliphatic hydroxyl groups is 5. The van der Waals surface area contributed by atoms with Crippen LogP contribution in [0.3, 0.4) is 0 Å². The van der Waals surface area contributed by atoms with E-state index >= 15 is 4.79 Å². The van der Waals surface area contributed by atoms with Gasteiger partial charge in [-0.05, 0) is 62.3 Å². The van der Waals surface area contributed by atoms with Gasteiger partial charge in [0.1, 0.15) is 30.5 Å². The maximum atomic E-state index is 15.5. The van der Waals surface area contributed by atoms with E-state index in [1.54, 1.807) is 20.0 Å². The van der Waals surface area contributed by atoms with Gasteiger partial charge in [0.25, 0.3) is 5.91 Å². The second-order valence-electron chi connectivity index (χ2n) is 20.2. The Bertz CT molecular complexity index is 2820. The van der Waals surface area contributed by atoms with Crippen molar-refractivity contribution in [3.8, 4) is 35.2 Å². The number of esters is 1. The molecule has 0 unspecified atom stereocenters. The molecule has 19 atom stereocenters. The Morgan fingerprint density at radius 1 is 0.849 bits per heavy atom. The number of thioether (sulfide) groups is 1. The third kappa shape index (κ3) is 16.2. The lowest BCUT2D eigenvalue weighted by molar-refractivity contribution is -0.336. The first-order chi connectivity index (χ1) is 41.1. The molecule has 0 aromatic heterocycles. The smallest absolute Gasteiger partial charge is 0.411 e. The number of ketones is 1. The highest BCUT2D eigenvalue weighted by Gasteiger charge is 2.57. The second-order valence-corrected chi connectivity index (χ2v) is 25.6. The summed E-state index contributed by atoms with van der Waals surface area (Å²) in [6.07, 6.45) is -13.0. The van der Waals surface area contributed by atoms with Crippen molar-refractivity contribution in [2.75, 3.05) is 65.7 Å². The summed E-state index contributed by atoms with van der Waals surface area (Å²) < 4.78 is 71.2. The minimum Gasteiger partial charge on any atom is -0.493 e. The fourth-order valence-corrected chi connectivity index (χ4v) is 13.5. The lowest BCUT2D eigenvalue weighted by Crippen LogP contribution is -2.65. The van der Waals surface area contributed by atoms with E-state index < -0.39 is 146 Å². The van der Waals surface area contributed by atoms with E-state index in [1.165, 1.54) is 95.7 Å². The molecule has 9 N–H and O–H groups in total. The Morgan fingerprint density at radius 3 is 2.22 bits per heavy atom. The Hall–Kier alpha value is -4.62. The first kappa shape index (κ1) is 68.9. The Morgan fingerprint density at radius 2 is 1.56 bits per heavy atom. The molecule has 474 valence electrons. The molecule has 4 fully saturated rings. The highest BCUT2D eigenvalue weighted by Crippen LogP contribution is 2.44. The number of amides is 2. The zero-order valence-corrected chi connectivity index (χ0v) is 52.1. The third-order valence-electron chi connectivity index (χ3n) is 14.8. The molecule has 0 spiro atoms. The molecular formula is C56H74N4O22S4. The average molecular weight is 1280 g/mol. The van der Waals surface area contributed by atoms with E-state index in [-0.39, 0.29) is 70.1 Å². The number of likely N-dealkylation sites (N-methyl/N-ethyl adjacent to an activating group) is 1. The molecule has 7 rings (SSSR count). The van der Waals surface area contributed by atoms with Crippen LogP contribution in [0.5, 0.6) is 11.5 Å². The van der Waals surface area contributed by atoms with Crippen molar-refractivity contribution >= 4 is 72.6 Å². The number of carbonyl (C=O) groups is 4. The first-order valence-corrected chi connectivity index (χ1v) is 32.5. The molecule has 26 nitrogen and oxygen atoms in total. The van der Waals surface area contributed by atoms with Gasteiger partial charge in [0.05, 0.1) is 99.8 Å². The number of benzene rings is 1. The normalized spacial score (nSPS) is 35.2. The number of hydrogen-bond acceptors (Lipinski definition) is 28. The molecule has 4 heterocycles. The van der Waals surface area contributed by atoms with Crippen molar-refractivity contribution in [3.05, 3.63) is 65.1 Å². The standard InChI is InChI=1S/C56H74N4O22S4/c1-26-44(60-82-42-23-35(62)50(83-10)28(3)76-42)47(64)49(80-40-22-34(61)33(57-5)25-74-40)54(77-26)79-36-16-14-12-13-15-18-56(69)31(17-19-85-86-84-11)43(36)45(59-55(68)73-9)48(65)51(56)81-41-24-39(46(63)27(2)75-41)78-53(67)30-20-37(71-7)38(72-8)21-32(30)58-52(66)29(4)70-6/h12-13,17,20-21,26-28,33-36,39-42,44,46-47,49-51,54,57,60-64,69H,4,19,22-25H2,1-3,5-11H3,(H,58,66)(H,59,68)/b13-12-,31-17-/t26-,27+,28-,33+,34+,35+,36+,39+,40+,41+,42+,44-,46-,47+,49-,50-,51-,54+,56-/m1/s1. The Kier molecular flexibility index (Phi) is 25.4. The average Bonchev–Trinajstić information content (AvgIpc) is 0.850. The van der Waals surface area contributed by atoms with Gasteiger partial charge in [0.15, 0.2) is 54.1 Å². The Balaban J connectivity index is 1.26. The molecule has 6 aliphatic rings. The van der Waals surface area contributed by atoms with Gasteiger partial charge in [-0.15, -0.1) is 0 Å². The van der Waals surface area contributed by atoms with Gasteiger partial charge in [0, 0.05) is 48.3 Å². The molecule has 2 amide bonds. The number of rotatable bonds is 23. The number of allylic oxidation sites excluding steroid dienone is 2. The number of nitrogens with one attached hydrogen (secondary N) is 4. The van der Waals surface area contributed by atoms with Crippen molar-refractivity contribution in [2.24, 2.45) is 0 Å². The predicted molar refractivity (Wildman–Crippen MR) is 316 cm³/mol. The summed E-state index contributed by atoms with van der Waals surface area (Å²) in [6.45, 7) is 8.45. The summed E-state index contributed by atoms with van der Waals surface area (Å²) in [5.74, 6) is 8.44. The number of fused-ring (bicyclic) bond motifs is 2. The molecule has 2 bridgehead atoms. The van der Waals surface area contributed by atoms with E-state index in [1.807, 2.05) is 19.4 Å². The third-order valence-corrected chi connectivity index (χ3v) is 19.8. The van der Waals surface area contributed by atoms with Crippen LogP contribution in [0.25, 0.3) is 0 Å². The maximum Gasteiger partial charge on any atom is 0.411 e. The fraction of sp³-hybridized carbons (Fsp3) is 0.607. The van der Waals surface area contributed by atoms with Crippen LogP contribution in [0, 0.1) is 23.7 Å². The minimum absolute atomic E-state index is 0.0160. The van der Waals surface area contributed by atoms with Crippen molar-refractivity contribution in [1.82, 2.24) is 16.1 Å². The summed E-state index contributed by atoms with van der Waals surface area (Å²) in [6, 6.07) is 1.04. The van der Waals surface area contributed by atoms with Crippen molar-refractivity contribution in [1.29, 1.82) is 0 Å². The zero-order valence-electron chi connectivity index (χ0n) is 48.8. The van der Waals surface area contributed by atoms with Gasteiger partial charge < -0.3 is 93.0 Å². The summed E-state index contributed by atoms with van der Waals surface area (Å²) >= 11 is 1.46. The summed E-state index contributed by atoms with van der Waals surface area (Å²) in [7, 11) is 10.8. The monoisotopic (exact) mass is 1280 g/mol. The van der Waals surface area contributed by atoms with Gasteiger partial charge in [-0.25, -0.2) is 9.59 Å². The number of aliphatic hydroxyl groups excluding tert-OH is 4. The van der Waals surface area contributed by atoms with Gasteiger partial charge in [0.2, 0.25) is 5.78 Å². The van der Waals surface area contributed by atoms with Crippen LogP contribution in [0.2, 0.25) is 0 Å². The molecule has 30 heteroatoms. The van der Waals surface area contributed by atoms with Crippen LogP contribution in [0.1, 0.15) is 50.4 Å². The van der Waals surface area contributed by atoms with E-state index in [9.17, 15) is 39.9 Å². The van der Waals surface area contributed by atoms with E-state index in [0.717, 1.165) is 7.11 Å². The Labute approximate surface area is 513 Å². The minimum atomic E-state index is -2.67. The van der Waals surface area contributed by atoms with Crippen LogP contribution in [-0.4, -0.2) is 225 Å². The SMILES string of the molecule is C=C(OC)C(=O)Nc1cc(OC)c(OC)cc1C(=O)O[C@H]1C[C@H](O[C@@H]2C(=O)C(NC(=O)OC)=C3/C(=C/CSSSC)[C@]2(O)C#C/C=C\C#C[C@@H]3O[C@@H]2O[C@H](C)[C@@H](NO[C@H]3C[C@H](O)[C@H](SC)[C@@H](C)O3)[C@H](O)[C@H]2O[C@H]2C[C@H](O)[C@@H](NC)CO2)O[C@@H](C)[C@H]1O. The van der Waals surface area contributed by atoms with Gasteiger partial charge >= 0.3 is 12.1 Å². The lowest BCUT2D eigenvalue weighted by atomic mass is 9.73. The van der Waals surface area contributed by atoms with Crippen molar-refractivity contribution in [3.63, 3.8) is 0 Å². The predicted octanol–water partition coefficient (Wildman–Crippen LogP) is 1.98. The number of alkyl carbamates (subject to hydrolysis) is 1. The van der Waals surface area contributed by atoms with Crippen molar-refractivity contribution in [2.45, 2.75) is 155 Å². The molecule has 2 aliphatic carbocycles. The molecule has 0 saturated carbocycles. The molecule has 4 saturated heterocycles. The highest BCUT2D eigenvalue weighted by atomic mass is 33.5. The molecule has 1 aromatic carbocycles. The highest BCUT2D eigenvalue weighted by molar-refractivity contribution is 9.09. The van der Waals surface area contributed by atoms with Crippen LogP contribution in [0.15, 0.2) is 59.5 Å². The number of anilines is 1. The zero-order chi connectivity index (χ0) is 62.6. The van der Waals surface area contributed by atoms with Crippen LogP contribution >= 0.6 is 43.2 Å². The van der Waals surface area contributed by atoms with E-state index in [2.05, 4.69) is 51.7 Å². The number of methoxy groups -OCH3 is 4. The first-order valence-electron chi connectivity index (χ1n) is 27.1. The largest absolute Gasteiger partial charge is 0.493 e. The molecular weight excluding hydrogens is 1210 g/mol. The van der Waals surface area contributed by atoms with E-state index in [0.29, 0.717) is 0 Å². The van der Waals surface area contributed by atoms with Crippen LogP contribution < -0.4 is 30.9 Å². The fourth-order valence-electron chi connectivity index (χ4n) is 10.2. The van der Waals surface area contributed by atoms with Gasteiger partial charge in [-0.1, -0.05) is 57.9 Å². The van der Waals surface area contributed by atoms with Crippen LogP contribution in [0.4, 0.5) is 10.5 Å². The van der Waals surface area contributed by atoms with Crippen molar-refractivity contribution < 1.29 is 106 Å².